The van der Waals surface area contributed by atoms with Crippen LogP contribution in [-0.2, 0) is 15.9 Å². The topological polar surface area (TPSA) is 300 Å². The standard InChI is InChI=1S/C36H36O17/c37-11-25-29(46)31(48)32(49)36(52-25)51-24-9-15-18(41)10-22(45)27(35(15)53-33(24)12-1-3-16(39)19(42)5-12)28-26-21(44)7-14(38)8-23(26)50-34(30(28)47)13-2-4-17(40)20(43)6-13/h1-8,10,24-25,28-34,36-49H,9,11H2/t24-,25-,28+,29-,30+,31+,32-,33+,34-,36-/m0/s1. The van der Waals surface area contributed by atoms with Crippen molar-refractivity contribution in [1.29, 1.82) is 0 Å². The summed E-state index contributed by atoms with van der Waals surface area (Å²) in [5.74, 6) is -6.01. The number of hydrogen-bond acceptors (Lipinski definition) is 17. The second-order valence-corrected chi connectivity index (χ2v) is 13.1. The summed E-state index contributed by atoms with van der Waals surface area (Å²) in [6.45, 7) is -0.752. The Balaban J connectivity index is 1.38. The van der Waals surface area contributed by atoms with E-state index in [4.69, 9.17) is 18.9 Å². The highest BCUT2D eigenvalue weighted by molar-refractivity contribution is 5.66. The molecule has 4 aromatic rings. The molecule has 282 valence electrons. The normalized spacial score (nSPS) is 29.4. The second kappa shape index (κ2) is 13.5. The number of ether oxygens (including phenoxy) is 4. The zero-order valence-electron chi connectivity index (χ0n) is 27.3. The number of aliphatic hydroxyl groups excluding tert-OH is 5. The minimum Gasteiger partial charge on any atom is -0.508 e. The summed E-state index contributed by atoms with van der Waals surface area (Å²) < 4.78 is 24.1. The lowest BCUT2D eigenvalue weighted by Crippen LogP contribution is -2.60. The van der Waals surface area contributed by atoms with E-state index in [-0.39, 0.29) is 45.7 Å². The first kappa shape index (κ1) is 36.0. The molecule has 0 radical (unpaired) electrons. The number of aromatic hydroxyl groups is 8. The fraction of sp³-hybridized carbons (Fsp3) is 0.333. The molecule has 17 heteroatoms. The molecule has 13 N–H and O–H groups in total. The predicted octanol–water partition coefficient (Wildman–Crippen LogP) is 0.819. The van der Waals surface area contributed by atoms with Gasteiger partial charge in [-0.25, -0.2) is 0 Å². The van der Waals surface area contributed by atoms with Gasteiger partial charge in [-0.3, -0.25) is 0 Å². The van der Waals surface area contributed by atoms with Gasteiger partial charge in [0, 0.05) is 41.3 Å². The van der Waals surface area contributed by atoms with Crippen LogP contribution < -0.4 is 9.47 Å². The highest BCUT2D eigenvalue weighted by atomic mass is 16.7. The molecule has 4 aromatic carbocycles. The molecule has 0 unspecified atom stereocenters. The van der Waals surface area contributed by atoms with Gasteiger partial charge in [0.1, 0.15) is 71.1 Å². The van der Waals surface area contributed by atoms with Crippen LogP contribution in [0.15, 0.2) is 54.6 Å². The lowest BCUT2D eigenvalue weighted by molar-refractivity contribution is -0.317. The van der Waals surface area contributed by atoms with Crippen LogP contribution in [0.5, 0.6) is 57.5 Å². The average Bonchev–Trinajstić information content (AvgIpc) is 3.11. The molecule has 3 heterocycles. The molecule has 0 amide bonds. The first-order valence-electron chi connectivity index (χ1n) is 16.3. The zero-order valence-corrected chi connectivity index (χ0v) is 27.3. The van der Waals surface area contributed by atoms with E-state index in [2.05, 4.69) is 0 Å². The Morgan fingerprint density at radius 3 is 1.83 bits per heavy atom. The van der Waals surface area contributed by atoms with Crippen molar-refractivity contribution in [1.82, 2.24) is 0 Å². The van der Waals surface area contributed by atoms with Crippen molar-refractivity contribution in [2.24, 2.45) is 0 Å². The Morgan fingerprint density at radius 2 is 1.21 bits per heavy atom. The van der Waals surface area contributed by atoms with Gasteiger partial charge in [-0.1, -0.05) is 12.1 Å². The molecule has 10 atom stereocenters. The maximum atomic E-state index is 12.0. The summed E-state index contributed by atoms with van der Waals surface area (Å²) in [5, 5.41) is 138. The lowest BCUT2D eigenvalue weighted by Gasteiger charge is -2.44. The maximum Gasteiger partial charge on any atom is 0.187 e. The number of phenolic OH excluding ortho intramolecular Hbond substituents is 8. The summed E-state index contributed by atoms with van der Waals surface area (Å²) in [6.07, 6.45) is -14.3. The molecule has 1 fully saturated rings. The smallest absolute Gasteiger partial charge is 0.187 e. The molecule has 1 saturated heterocycles. The molecule has 3 aliphatic heterocycles. The molecular formula is C36H36O17. The van der Waals surface area contributed by atoms with Crippen LogP contribution in [0, 0.1) is 0 Å². The molecule has 0 saturated carbocycles. The SMILES string of the molecule is OC[C@@H]1O[C@H](O[C@H]2Cc3c(O)cc(O)c([C@H]4c5c(O)cc(O)cc5O[C@@H](c5ccc(O)c(O)c5)[C@@H]4O)c3O[C@@H]2c2ccc(O)c(O)c2)[C@@H](O)[C@H](O)[C@H]1O. The highest BCUT2D eigenvalue weighted by Gasteiger charge is 2.49. The van der Waals surface area contributed by atoms with E-state index in [9.17, 15) is 66.4 Å². The zero-order chi connectivity index (χ0) is 38.0. The van der Waals surface area contributed by atoms with Crippen molar-refractivity contribution >= 4 is 0 Å². The minimum atomic E-state index is -1.84. The summed E-state index contributed by atoms with van der Waals surface area (Å²) in [6, 6.07) is 10.4. The number of benzene rings is 4. The fourth-order valence-corrected chi connectivity index (χ4v) is 7.16. The highest BCUT2D eigenvalue weighted by Crippen LogP contribution is 2.57. The lowest BCUT2D eigenvalue weighted by atomic mass is 9.77. The number of phenols is 8. The van der Waals surface area contributed by atoms with Gasteiger partial charge in [-0.15, -0.1) is 0 Å². The van der Waals surface area contributed by atoms with Gasteiger partial charge in [0.2, 0.25) is 0 Å². The van der Waals surface area contributed by atoms with E-state index in [0.29, 0.717) is 0 Å². The summed E-state index contributed by atoms with van der Waals surface area (Å²) in [7, 11) is 0. The van der Waals surface area contributed by atoms with Crippen molar-refractivity contribution < 1.29 is 85.3 Å². The third kappa shape index (κ3) is 6.17. The van der Waals surface area contributed by atoms with Gasteiger partial charge in [0.25, 0.3) is 0 Å². The molecule has 53 heavy (non-hydrogen) atoms. The van der Waals surface area contributed by atoms with Crippen LogP contribution in [0.3, 0.4) is 0 Å². The Labute approximate surface area is 299 Å². The Morgan fingerprint density at radius 1 is 0.585 bits per heavy atom. The molecule has 0 bridgehead atoms. The summed E-state index contributed by atoms with van der Waals surface area (Å²) in [5.41, 5.74) is -0.0378. The van der Waals surface area contributed by atoms with Crippen molar-refractivity contribution in [2.45, 2.75) is 67.5 Å². The van der Waals surface area contributed by atoms with Gasteiger partial charge in [0.05, 0.1) is 12.5 Å². The molecule has 0 spiro atoms. The number of hydrogen-bond donors (Lipinski definition) is 13. The van der Waals surface area contributed by atoms with Crippen molar-refractivity contribution in [3.05, 3.63) is 82.4 Å². The Hall–Kier alpha value is -5.40. The van der Waals surface area contributed by atoms with Gasteiger partial charge in [0.15, 0.2) is 41.5 Å². The predicted molar refractivity (Wildman–Crippen MR) is 176 cm³/mol. The number of aliphatic hydroxyl groups is 5. The number of rotatable bonds is 6. The van der Waals surface area contributed by atoms with Crippen LogP contribution in [-0.4, -0.2) is 116 Å². The van der Waals surface area contributed by atoms with E-state index in [0.717, 1.165) is 42.5 Å². The van der Waals surface area contributed by atoms with Crippen LogP contribution >= 0.6 is 0 Å². The van der Waals surface area contributed by atoms with Crippen molar-refractivity contribution in [3.63, 3.8) is 0 Å². The molecular weight excluding hydrogens is 704 g/mol. The van der Waals surface area contributed by atoms with Crippen LogP contribution in [0.4, 0.5) is 0 Å². The molecule has 3 aliphatic rings. The quantitative estimate of drug-likeness (QED) is 0.122. The third-order valence-corrected chi connectivity index (χ3v) is 9.81. The van der Waals surface area contributed by atoms with E-state index in [1.807, 2.05) is 0 Å². The fourth-order valence-electron chi connectivity index (χ4n) is 7.16. The van der Waals surface area contributed by atoms with Crippen LogP contribution in [0.1, 0.15) is 45.9 Å². The first-order valence-corrected chi connectivity index (χ1v) is 16.3. The monoisotopic (exact) mass is 740 g/mol. The molecule has 17 nitrogen and oxygen atoms in total. The maximum absolute atomic E-state index is 12.0. The van der Waals surface area contributed by atoms with E-state index >= 15 is 0 Å². The van der Waals surface area contributed by atoms with Crippen molar-refractivity contribution in [3.8, 4) is 57.5 Å². The Bertz CT molecular complexity index is 2030. The summed E-state index contributed by atoms with van der Waals surface area (Å²) >= 11 is 0. The Kier molecular flexibility index (Phi) is 9.19. The van der Waals surface area contributed by atoms with Crippen LogP contribution in [0.25, 0.3) is 0 Å². The van der Waals surface area contributed by atoms with Crippen LogP contribution in [0.2, 0.25) is 0 Å². The first-order chi connectivity index (χ1) is 25.2. The van der Waals surface area contributed by atoms with E-state index in [1.165, 1.54) is 12.1 Å². The summed E-state index contributed by atoms with van der Waals surface area (Å²) in [4.78, 5) is 0. The largest absolute Gasteiger partial charge is 0.508 e. The third-order valence-electron chi connectivity index (χ3n) is 9.81. The van der Waals surface area contributed by atoms with E-state index < -0.39 is 114 Å². The van der Waals surface area contributed by atoms with Gasteiger partial charge >= 0.3 is 0 Å². The van der Waals surface area contributed by atoms with Gasteiger partial charge < -0.3 is 85.3 Å². The second-order valence-electron chi connectivity index (χ2n) is 13.1. The molecule has 7 rings (SSSR count). The number of fused-ring (bicyclic) bond motifs is 2. The van der Waals surface area contributed by atoms with E-state index in [1.54, 1.807) is 0 Å². The van der Waals surface area contributed by atoms with Gasteiger partial charge in [-0.05, 0) is 35.4 Å². The average molecular weight is 741 g/mol. The van der Waals surface area contributed by atoms with Gasteiger partial charge in [-0.2, -0.15) is 0 Å². The van der Waals surface area contributed by atoms with Crippen molar-refractivity contribution in [2.75, 3.05) is 6.61 Å². The molecule has 0 aliphatic carbocycles. The molecule has 0 aromatic heterocycles. The minimum absolute atomic E-state index is 0.0241.